The van der Waals surface area contributed by atoms with Gasteiger partial charge in [-0.3, -0.25) is 0 Å². The van der Waals surface area contributed by atoms with Crippen LogP contribution in [0.25, 0.3) is 0 Å². The van der Waals surface area contributed by atoms with Crippen LogP contribution in [0, 0.1) is 5.92 Å². The third-order valence-corrected chi connectivity index (χ3v) is 4.78. The summed E-state index contributed by atoms with van der Waals surface area (Å²) in [7, 11) is 0. The Morgan fingerprint density at radius 1 is 1.25 bits per heavy atom. The Hall–Kier alpha value is -0.740. The van der Waals surface area contributed by atoms with Gasteiger partial charge in [0, 0.05) is 12.6 Å². The predicted molar refractivity (Wildman–Crippen MR) is 83.4 cm³/mol. The molecule has 0 bridgehead atoms. The van der Waals surface area contributed by atoms with Crippen molar-refractivity contribution in [2.24, 2.45) is 5.92 Å². The number of fused-ring (bicyclic) bond motifs is 1. The highest BCUT2D eigenvalue weighted by Crippen LogP contribution is 2.38. The van der Waals surface area contributed by atoms with Crippen molar-refractivity contribution in [3.8, 4) is 11.5 Å². The van der Waals surface area contributed by atoms with E-state index in [1.165, 1.54) is 31.2 Å². The zero-order chi connectivity index (χ0) is 13.9. The Labute approximate surface area is 129 Å². The first-order valence-corrected chi connectivity index (χ1v) is 8.33. The lowest BCUT2D eigenvalue weighted by molar-refractivity contribution is 0.170. The summed E-state index contributed by atoms with van der Waals surface area (Å²) in [5.41, 5.74) is 1.25. The first-order chi connectivity index (χ1) is 9.72. The van der Waals surface area contributed by atoms with E-state index in [4.69, 9.17) is 9.47 Å². The van der Waals surface area contributed by atoms with Crippen LogP contribution in [0.5, 0.6) is 11.5 Å². The average molecular weight is 340 g/mol. The molecule has 1 aliphatic heterocycles. The molecule has 110 valence electrons. The molecule has 2 unspecified atom stereocenters. The molecule has 1 N–H and O–H groups in total. The molecule has 0 radical (unpaired) electrons. The second-order valence-corrected chi connectivity index (χ2v) is 6.81. The fraction of sp³-hybridized carbons (Fsp3) is 0.625. The van der Waals surface area contributed by atoms with E-state index < -0.39 is 0 Å². The molecule has 1 saturated carbocycles. The van der Waals surface area contributed by atoms with Gasteiger partial charge in [0.1, 0.15) is 13.2 Å². The van der Waals surface area contributed by atoms with Crippen molar-refractivity contribution in [3.05, 3.63) is 22.2 Å². The minimum atomic E-state index is 0.628. The van der Waals surface area contributed by atoms with Gasteiger partial charge < -0.3 is 14.8 Å². The van der Waals surface area contributed by atoms with Crippen molar-refractivity contribution in [3.63, 3.8) is 0 Å². The van der Waals surface area contributed by atoms with Crippen molar-refractivity contribution in [1.29, 1.82) is 0 Å². The van der Waals surface area contributed by atoms with Crippen molar-refractivity contribution in [2.45, 2.75) is 45.2 Å². The Morgan fingerprint density at radius 3 is 2.95 bits per heavy atom. The number of rotatable bonds is 3. The molecule has 3 rings (SSSR count). The van der Waals surface area contributed by atoms with Crippen LogP contribution in [0.15, 0.2) is 16.6 Å². The molecule has 2 aliphatic rings. The lowest BCUT2D eigenvalue weighted by Gasteiger charge is -2.28. The minimum absolute atomic E-state index is 0.628. The highest BCUT2D eigenvalue weighted by atomic mass is 79.9. The van der Waals surface area contributed by atoms with E-state index in [2.05, 4.69) is 40.3 Å². The molecule has 0 aromatic heterocycles. The number of ether oxygens (including phenoxy) is 2. The number of hydrogen-bond donors (Lipinski definition) is 1. The molecule has 1 fully saturated rings. The van der Waals surface area contributed by atoms with Crippen molar-refractivity contribution < 1.29 is 9.47 Å². The molecule has 0 amide bonds. The molecular formula is C16H22BrNO2. The zero-order valence-corrected chi connectivity index (χ0v) is 13.5. The molecule has 1 aromatic rings. The molecule has 0 saturated heterocycles. The lowest BCUT2D eigenvalue weighted by atomic mass is 9.87. The van der Waals surface area contributed by atoms with Crippen LogP contribution in [-0.2, 0) is 6.54 Å². The zero-order valence-electron chi connectivity index (χ0n) is 12.0. The average Bonchev–Trinajstić information content (AvgIpc) is 2.45. The van der Waals surface area contributed by atoms with E-state index in [-0.39, 0.29) is 0 Å². The third kappa shape index (κ3) is 3.29. The van der Waals surface area contributed by atoms with Crippen LogP contribution in [0.2, 0.25) is 0 Å². The van der Waals surface area contributed by atoms with Crippen LogP contribution in [0.3, 0.4) is 0 Å². The van der Waals surface area contributed by atoms with Crippen LogP contribution in [0.1, 0.15) is 38.2 Å². The van der Waals surface area contributed by atoms with Gasteiger partial charge in [0.2, 0.25) is 0 Å². The summed E-state index contributed by atoms with van der Waals surface area (Å²) in [4.78, 5) is 0. The van der Waals surface area contributed by atoms with E-state index in [0.717, 1.165) is 28.4 Å². The summed E-state index contributed by atoms with van der Waals surface area (Å²) in [5.74, 6) is 2.55. The Morgan fingerprint density at radius 2 is 2.10 bits per heavy atom. The molecular weight excluding hydrogens is 318 g/mol. The largest absolute Gasteiger partial charge is 0.486 e. The van der Waals surface area contributed by atoms with Crippen LogP contribution in [0.4, 0.5) is 0 Å². The summed E-state index contributed by atoms with van der Waals surface area (Å²) >= 11 is 3.58. The van der Waals surface area contributed by atoms with Gasteiger partial charge in [-0.25, -0.2) is 0 Å². The maximum absolute atomic E-state index is 5.67. The number of hydrogen-bond acceptors (Lipinski definition) is 3. The van der Waals surface area contributed by atoms with E-state index in [1.807, 2.05) is 0 Å². The van der Waals surface area contributed by atoms with E-state index >= 15 is 0 Å². The molecule has 1 aliphatic carbocycles. The SMILES string of the molecule is CC1CCCC(NCc2cc(Br)c3c(c2)OCCO3)C1. The van der Waals surface area contributed by atoms with Gasteiger partial charge in [0.05, 0.1) is 4.47 Å². The quantitative estimate of drug-likeness (QED) is 0.906. The van der Waals surface area contributed by atoms with Gasteiger partial charge in [-0.15, -0.1) is 0 Å². The molecule has 20 heavy (non-hydrogen) atoms. The standard InChI is InChI=1S/C16H22BrNO2/c1-11-3-2-4-13(7-11)18-10-12-8-14(17)16-15(9-12)19-5-6-20-16/h8-9,11,13,18H,2-7,10H2,1H3. The van der Waals surface area contributed by atoms with Gasteiger partial charge >= 0.3 is 0 Å². The van der Waals surface area contributed by atoms with E-state index in [0.29, 0.717) is 19.3 Å². The Balaban J connectivity index is 1.64. The van der Waals surface area contributed by atoms with E-state index in [1.54, 1.807) is 0 Å². The maximum Gasteiger partial charge on any atom is 0.175 e. The predicted octanol–water partition coefficient (Wildman–Crippen LogP) is 3.89. The molecule has 1 aromatic carbocycles. The number of nitrogens with one attached hydrogen (secondary N) is 1. The van der Waals surface area contributed by atoms with Crippen LogP contribution < -0.4 is 14.8 Å². The lowest BCUT2D eigenvalue weighted by Crippen LogP contribution is -2.33. The highest BCUT2D eigenvalue weighted by Gasteiger charge is 2.19. The summed E-state index contributed by atoms with van der Waals surface area (Å²) in [6.07, 6.45) is 5.33. The Bertz CT molecular complexity index is 478. The Kier molecular flexibility index (Phi) is 4.51. The highest BCUT2D eigenvalue weighted by molar-refractivity contribution is 9.10. The molecule has 3 nitrogen and oxygen atoms in total. The monoisotopic (exact) mass is 339 g/mol. The summed E-state index contributed by atoms with van der Waals surface area (Å²) in [5, 5.41) is 3.69. The van der Waals surface area contributed by atoms with Gasteiger partial charge in [-0.1, -0.05) is 19.8 Å². The van der Waals surface area contributed by atoms with Crippen molar-refractivity contribution in [1.82, 2.24) is 5.32 Å². The topological polar surface area (TPSA) is 30.5 Å². The smallest absolute Gasteiger partial charge is 0.175 e. The maximum atomic E-state index is 5.67. The van der Waals surface area contributed by atoms with Crippen LogP contribution in [-0.4, -0.2) is 19.3 Å². The fourth-order valence-corrected chi connectivity index (χ4v) is 3.75. The number of benzene rings is 1. The summed E-state index contributed by atoms with van der Waals surface area (Å²) in [6, 6.07) is 4.89. The first-order valence-electron chi connectivity index (χ1n) is 7.54. The third-order valence-electron chi connectivity index (χ3n) is 4.19. The summed E-state index contributed by atoms with van der Waals surface area (Å²) < 4.78 is 12.3. The second kappa shape index (κ2) is 6.35. The van der Waals surface area contributed by atoms with Crippen molar-refractivity contribution >= 4 is 15.9 Å². The van der Waals surface area contributed by atoms with Gasteiger partial charge in [0.15, 0.2) is 11.5 Å². The minimum Gasteiger partial charge on any atom is -0.486 e. The fourth-order valence-electron chi connectivity index (χ4n) is 3.15. The molecule has 1 heterocycles. The molecule has 2 atom stereocenters. The first kappa shape index (κ1) is 14.2. The summed E-state index contributed by atoms with van der Waals surface area (Å²) in [6.45, 7) is 4.51. The second-order valence-electron chi connectivity index (χ2n) is 5.95. The van der Waals surface area contributed by atoms with Crippen LogP contribution >= 0.6 is 15.9 Å². The van der Waals surface area contributed by atoms with Gasteiger partial charge in [0.25, 0.3) is 0 Å². The van der Waals surface area contributed by atoms with Crippen molar-refractivity contribution in [2.75, 3.05) is 13.2 Å². The van der Waals surface area contributed by atoms with Gasteiger partial charge in [-0.05, 0) is 52.4 Å². The number of halogens is 1. The van der Waals surface area contributed by atoms with E-state index in [9.17, 15) is 0 Å². The normalized spacial score (nSPS) is 25.5. The molecule has 0 spiro atoms. The molecule has 4 heteroatoms. The van der Waals surface area contributed by atoms with Gasteiger partial charge in [-0.2, -0.15) is 0 Å².